The normalized spacial score (nSPS) is 19.7. The van der Waals surface area contributed by atoms with E-state index in [1.165, 1.54) is 14.2 Å². The minimum absolute atomic E-state index is 0.309. The summed E-state index contributed by atoms with van der Waals surface area (Å²) in [6, 6.07) is 16.8. The van der Waals surface area contributed by atoms with Crippen LogP contribution in [0.25, 0.3) is 0 Å². The van der Waals surface area contributed by atoms with Crippen LogP contribution in [0.5, 0.6) is 5.75 Å². The Morgan fingerprint density at radius 3 is 2.29 bits per heavy atom. The maximum Gasteiger partial charge on any atom is 0.311 e. The van der Waals surface area contributed by atoms with Crippen molar-refractivity contribution in [2.24, 2.45) is 17.8 Å². The van der Waals surface area contributed by atoms with Gasteiger partial charge in [-0.2, -0.15) is 0 Å². The molecule has 0 radical (unpaired) electrons. The number of benzene rings is 2. The number of carbonyl (C=O) groups excluding carboxylic acids is 2. The van der Waals surface area contributed by atoms with Crippen LogP contribution in [0.15, 0.2) is 66.7 Å². The minimum atomic E-state index is -0.640. The molecular weight excluding hydrogens is 394 g/mol. The van der Waals surface area contributed by atoms with Crippen LogP contribution in [-0.2, 0) is 19.1 Å². The summed E-state index contributed by atoms with van der Waals surface area (Å²) in [5.74, 6) is -1.39. The number of rotatable bonds is 8. The molecule has 0 amide bonds. The number of anilines is 1. The highest BCUT2D eigenvalue weighted by atomic mass is 16.5. The molecule has 0 spiro atoms. The number of carbonyl (C=O) groups is 2. The molecule has 0 saturated carbocycles. The Bertz CT molecular complexity index is 894. The van der Waals surface area contributed by atoms with Gasteiger partial charge in [0, 0.05) is 11.6 Å². The summed E-state index contributed by atoms with van der Waals surface area (Å²) in [4.78, 5) is 25.7. The number of nitrogens with one attached hydrogen (secondary N) is 1. The van der Waals surface area contributed by atoms with E-state index in [0.717, 1.165) is 23.4 Å². The molecular formula is C25H29NO5. The van der Waals surface area contributed by atoms with Gasteiger partial charge in [0.15, 0.2) is 0 Å². The van der Waals surface area contributed by atoms with Crippen molar-refractivity contribution in [2.45, 2.75) is 18.9 Å². The first-order valence-corrected chi connectivity index (χ1v) is 10.4. The highest BCUT2D eigenvalue weighted by Gasteiger charge is 2.43. The monoisotopic (exact) mass is 423 g/mol. The summed E-state index contributed by atoms with van der Waals surface area (Å²) in [5, 5.41) is 3.50. The van der Waals surface area contributed by atoms with Crippen LogP contribution in [0.3, 0.4) is 0 Å². The second-order valence-corrected chi connectivity index (χ2v) is 7.52. The molecule has 0 unspecified atom stereocenters. The van der Waals surface area contributed by atoms with Crippen LogP contribution >= 0.6 is 0 Å². The van der Waals surface area contributed by atoms with E-state index in [-0.39, 0.29) is 17.9 Å². The molecule has 1 aliphatic rings. The van der Waals surface area contributed by atoms with Gasteiger partial charge < -0.3 is 19.5 Å². The van der Waals surface area contributed by atoms with E-state index in [1.807, 2.05) is 66.7 Å². The number of para-hydroxylation sites is 1. The second-order valence-electron chi connectivity index (χ2n) is 7.52. The maximum atomic E-state index is 13.1. The number of methoxy groups -OCH3 is 3. The molecule has 6 heteroatoms. The molecule has 0 aliphatic heterocycles. The van der Waals surface area contributed by atoms with Crippen LogP contribution < -0.4 is 10.1 Å². The number of esters is 2. The molecule has 0 fully saturated rings. The Labute approximate surface area is 183 Å². The zero-order chi connectivity index (χ0) is 22.2. The van der Waals surface area contributed by atoms with E-state index < -0.39 is 17.9 Å². The molecule has 0 saturated heterocycles. The number of ether oxygens (including phenoxy) is 3. The summed E-state index contributed by atoms with van der Waals surface area (Å²) >= 11 is 0. The molecule has 0 bridgehead atoms. The van der Waals surface area contributed by atoms with Gasteiger partial charge in [0.05, 0.1) is 39.2 Å². The third kappa shape index (κ3) is 5.26. The fourth-order valence-corrected chi connectivity index (χ4v) is 4.21. The van der Waals surface area contributed by atoms with E-state index in [2.05, 4.69) is 5.32 Å². The highest BCUT2D eigenvalue weighted by Crippen LogP contribution is 2.41. The first-order chi connectivity index (χ1) is 15.1. The van der Waals surface area contributed by atoms with Gasteiger partial charge in [-0.1, -0.05) is 42.5 Å². The van der Waals surface area contributed by atoms with E-state index in [9.17, 15) is 9.59 Å². The van der Waals surface area contributed by atoms with E-state index >= 15 is 0 Å². The van der Waals surface area contributed by atoms with Gasteiger partial charge in [0.25, 0.3) is 0 Å². The van der Waals surface area contributed by atoms with Crippen LogP contribution in [0, 0.1) is 17.8 Å². The molecule has 1 N–H and O–H groups in total. The SMILES string of the molecule is COC(=O)[C@H]([C@H]1C=CCC[C@H]1C(=O)OC)[C@H](Nc1ccccc1)c1ccc(OC)cc1. The molecule has 4 atom stereocenters. The predicted octanol–water partition coefficient (Wildman–Crippen LogP) is 4.39. The lowest BCUT2D eigenvalue weighted by molar-refractivity contribution is -0.153. The lowest BCUT2D eigenvalue weighted by atomic mass is 9.72. The van der Waals surface area contributed by atoms with Gasteiger partial charge in [-0.05, 0) is 42.7 Å². The average Bonchev–Trinajstić information content (AvgIpc) is 2.84. The third-order valence-corrected chi connectivity index (χ3v) is 5.79. The van der Waals surface area contributed by atoms with Crippen molar-refractivity contribution in [3.8, 4) is 5.75 Å². The topological polar surface area (TPSA) is 73.9 Å². The lowest BCUT2D eigenvalue weighted by Crippen LogP contribution is -2.40. The predicted molar refractivity (Wildman–Crippen MR) is 119 cm³/mol. The summed E-state index contributed by atoms with van der Waals surface area (Å²) in [6.45, 7) is 0. The smallest absolute Gasteiger partial charge is 0.311 e. The quantitative estimate of drug-likeness (QED) is 0.501. The van der Waals surface area contributed by atoms with Crippen molar-refractivity contribution >= 4 is 17.6 Å². The Hall–Kier alpha value is -3.28. The molecule has 2 aromatic rings. The lowest BCUT2D eigenvalue weighted by Gasteiger charge is -2.36. The highest BCUT2D eigenvalue weighted by molar-refractivity contribution is 5.79. The average molecular weight is 424 g/mol. The minimum Gasteiger partial charge on any atom is -0.497 e. The van der Waals surface area contributed by atoms with Crippen molar-refractivity contribution in [1.82, 2.24) is 0 Å². The standard InChI is InChI=1S/C25H29NO5/c1-29-19-15-13-17(14-16-19)23(26-18-9-5-4-6-10-18)22(25(28)31-3)20-11-7-8-12-21(20)24(27)30-2/h4-7,9-11,13-16,20-23,26H,8,12H2,1-3H3/t20-,21+,22+,23+/m0/s1. The van der Waals surface area contributed by atoms with Gasteiger partial charge in [-0.15, -0.1) is 0 Å². The molecule has 0 heterocycles. The number of hydrogen-bond donors (Lipinski definition) is 1. The van der Waals surface area contributed by atoms with Crippen LogP contribution in [0.4, 0.5) is 5.69 Å². The van der Waals surface area contributed by atoms with Gasteiger partial charge >= 0.3 is 11.9 Å². The summed E-state index contributed by atoms with van der Waals surface area (Å²) in [6.07, 6.45) is 5.37. The van der Waals surface area contributed by atoms with E-state index in [0.29, 0.717) is 6.42 Å². The van der Waals surface area contributed by atoms with Gasteiger partial charge in [0.2, 0.25) is 0 Å². The Morgan fingerprint density at radius 1 is 0.968 bits per heavy atom. The molecule has 6 nitrogen and oxygen atoms in total. The van der Waals surface area contributed by atoms with Crippen LogP contribution in [0.2, 0.25) is 0 Å². The summed E-state index contributed by atoms with van der Waals surface area (Å²) in [5.41, 5.74) is 1.76. The van der Waals surface area contributed by atoms with Crippen LogP contribution in [0.1, 0.15) is 24.4 Å². The zero-order valence-corrected chi connectivity index (χ0v) is 18.1. The molecule has 1 aliphatic carbocycles. The van der Waals surface area contributed by atoms with Crippen molar-refractivity contribution in [1.29, 1.82) is 0 Å². The molecule has 3 rings (SSSR count). The first kappa shape index (κ1) is 22.4. The fraction of sp³-hybridized carbons (Fsp3) is 0.360. The van der Waals surface area contributed by atoms with Crippen molar-refractivity contribution < 1.29 is 23.8 Å². The molecule has 2 aromatic carbocycles. The van der Waals surface area contributed by atoms with Gasteiger partial charge in [0.1, 0.15) is 5.75 Å². The van der Waals surface area contributed by atoms with Crippen molar-refractivity contribution in [3.63, 3.8) is 0 Å². The Kier molecular flexibility index (Phi) is 7.70. The Morgan fingerprint density at radius 2 is 1.68 bits per heavy atom. The van der Waals surface area contributed by atoms with Crippen molar-refractivity contribution in [3.05, 3.63) is 72.3 Å². The van der Waals surface area contributed by atoms with Gasteiger partial charge in [-0.25, -0.2) is 0 Å². The van der Waals surface area contributed by atoms with E-state index in [1.54, 1.807) is 7.11 Å². The Balaban J connectivity index is 2.07. The maximum absolute atomic E-state index is 13.1. The first-order valence-electron chi connectivity index (χ1n) is 10.4. The third-order valence-electron chi connectivity index (χ3n) is 5.79. The molecule has 0 aromatic heterocycles. The number of hydrogen-bond acceptors (Lipinski definition) is 6. The zero-order valence-electron chi connectivity index (χ0n) is 18.1. The molecule has 164 valence electrons. The van der Waals surface area contributed by atoms with Crippen molar-refractivity contribution in [2.75, 3.05) is 26.6 Å². The summed E-state index contributed by atoms with van der Waals surface area (Å²) in [7, 11) is 4.37. The number of allylic oxidation sites excluding steroid dienone is 2. The largest absolute Gasteiger partial charge is 0.497 e. The second kappa shape index (κ2) is 10.7. The van der Waals surface area contributed by atoms with E-state index in [4.69, 9.17) is 14.2 Å². The van der Waals surface area contributed by atoms with Crippen LogP contribution in [-0.4, -0.2) is 33.3 Å². The fourth-order valence-electron chi connectivity index (χ4n) is 4.21. The molecule has 31 heavy (non-hydrogen) atoms. The summed E-state index contributed by atoms with van der Waals surface area (Å²) < 4.78 is 15.6. The van der Waals surface area contributed by atoms with Gasteiger partial charge in [-0.3, -0.25) is 9.59 Å².